The third kappa shape index (κ3) is 3.21. The van der Waals surface area contributed by atoms with Crippen molar-refractivity contribution >= 4 is 28.8 Å². The van der Waals surface area contributed by atoms with E-state index in [1.165, 1.54) is 6.92 Å². The van der Waals surface area contributed by atoms with E-state index in [2.05, 4.69) is 15.6 Å². The van der Waals surface area contributed by atoms with Crippen molar-refractivity contribution in [3.8, 4) is 0 Å². The molecule has 0 aliphatic rings. The Hall–Kier alpha value is -2.56. The molecule has 0 atom stereocenters. The molecule has 1 aromatic carbocycles. The molecular formula is C13H14N4O. The Labute approximate surface area is 105 Å². The van der Waals surface area contributed by atoms with Crippen LogP contribution in [0.25, 0.3) is 0 Å². The molecule has 0 aliphatic heterocycles. The van der Waals surface area contributed by atoms with Gasteiger partial charge in [-0.25, -0.2) is 4.98 Å². The minimum atomic E-state index is -0.103. The number of nitrogen functional groups attached to an aromatic ring is 1. The number of carbonyl (C=O) groups excluding carboxylic acids is 1. The highest BCUT2D eigenvalue weighted by Crippen LogP contribution is 2.19. The van der Waals surface area contributed by atoms with Crippen molar-refractivity contribution in [3.63, 3.8) is 0 Å². The fourth-order valence-electron chi connectivity index (χ4n) is 1.54. The number of pyridine rings is 1. The van der Waals surface area contributed by atoms with E-state index in [4.69, 9.17) is 5.73 Å². The lowest BCUT2D eigenvalue weighted by Gasteiger charge is -2.08. The lowest BCUT2D eigenvalue weighted by molar-refractivity contribution is -0.114. The summed E-state index contributed by atoms with van der Waals surface area (Å²) < 4.78 is 0. The van der Waals surface area contributed by atoms with Gasteiger partial charge in [0.2, 0.25) is 5.91 Å². The molecule has 1 heterocycles. The summed E-state index contributed by atoms with van der Waals surface area (Å²) in [5.41, 5.74) is 7.88. The molecule has 0 aliphatic carbocycles. The van der Waals surface area contributed by atoms with Gasteiger partial charge >= 0.3 is 0 Å². The topological polar surface area (TPSA) is 80.0 Å². The van der Waals surface area contributed by atoms with Crippen molar-refractivity contribution < 1.29 is 4.79 Å². The second-order valence-corrected chi connectivity index (χ2v) is 3.86. The first-order valence-corrected chi connectivity index (χ1v) is 5.50. The summed E-state index contributed by atoms with van der Waals surface area (Å²) in [6.07, 6.45) is 1.63. The summed E-state index contributed by atoms with van der Waals surface area (Å²) in [6.45, 7) is 1.47. The first-order valence-electron chi connectivity index (χ1n) is 5.50. The van der Waals surface area contributed by atoms with E-state index in [1.807, 2.05) is 24.3 Å². The Morgan fingerprint density at radius 3 is 2.72 bits per heavy atom. The zero-order valence-electron chi connectivity index (χ0n) is 9.97. The highest BCUT2D eigenvalue weighted by molar-refractivity contribution is 5.89. The predicted octanol–water partition coefficient (Wildman–Crippen LogP) is 2.37. The van der Waals surface area contributed by atoms with Gasteiger partial charge in [0.15, 0.2) is 0 Å². The number of rotatable bonds is 3. The molecule has 2 aromatic rings. The van der Waals surface area contributed by atoms with E-state index in [9.17, 15) is 4.79 Å². The second-order valence-electron chi connectivity index (χ2n) is 3.86. The third-order valence-corrected chi connectivity index (χ3v) is 2.24. The summed E-state index contributed by atoms with van der Waals surface area (Å²) >= 11 is 0. The van der Waals surface area contributed by atoms with Crippen LogP contribution in [-0.4, -0.2) is 10.9 Å². The van der Waals surface area contributed by atoms with E-state index >= 15 is 0 Å². The third-order valence-electron chi connectivity index (χ3n) is 2.24. The number of hydrogen-bond acceptors (Lipinski definition) is 4. The van der Waals surface area contributed by atoms with Crippen LogP contribution in [0.1, 0.15) is 6.92 Å². The first-order chi connectivity index (χ1) is 8.63. The van der Waals surface area contributed by atoms with Gasteiger partial charge in [-0.05, 0) is 24.3 Å². The summed E-state index contributed by atoms with van der Waals surface area (Å²) in [4.78, 5) is 15.1. The summed E-state index contributed by atoms with van der Waals surface area (Å²) in [6, 6.07) is 10.8. The highest BCUT2D eigenvalue weighted by atomic mass is 16.1. The average Bonchev–Trinajstić information content (AvgIpc) is 2.28. The van der Waals surface area contributed by atoms with Crippen LogP contribution in [0, 0.1) is 0 Å². The monoisotopic (exact) mass is 242 g/mol. The Kier molecular flexibility index (Phi) is 3.43. The Morgan fingerprint density at radius 1 is 1.22 bits per heavy atom. The molecule has 0 bridgehead atoms. The van der Waals surface area contributed by atoms with Gasteiger partial charge in [0.25, 0.3) is 0 Å². The minimum Gasteiger partial charge on any atom is -0.399 e. The molecule has 2 rings (SSSR count). The van der Waals surface area contributed by atoms with Crippen molar-refractivity contribution in [2.75, 3.05) is 16.4 Å². The molecule has 5 heteroatoms. The Morgan fingerprint density at radius 2 is 2.00 bits per heavy atom. The van der Waals surface area contributed by atoms with Crippen LogP contribution >= 0.6 is 0 Å². The molecule has 92 valence electrons. The van der Waals surface area contributed by atoms with Crippen LogP contribution in [0.4, 0.5) is 22.9 Å². The molecule has 0 fully saturated rings. The van der Waals surface area contributed by atoms with E-state index in [1.54, 1.807) is 18.3 Å². The minimum absolute atomic E-state index is 0.103. The standard InChI is InChI=1S/C13H14N4O/c1-9(18)16-11-3-2-4-12(8-11)17-13-7-10(14)5-6-15-13/h2-8H,1H3,(H,16,18)(H3,14,15,17). The van der Waals surface area contributed by atoms with Gasteiger partial charge in [-0.2, -0.15) is 0 Å². The number of benzene rings is 1. The van der Waals surface area contributed by atoms with Gasteiger partial charge in [-0.15, -0.1) is 0 Å². The smallest absolute Gasteiger partial charge is 0.221 e. The van der Waals surface area contributed by atoms with Crippen molar-refractivity contribution in [2.24, 2.45) is 0 Å². The molecule has 0 unspecified atom stereocenters. The summed E-state index contributed by atoms with van der Waals surface area (Å²) in [5.74, 6) is 0.559. The maximum atomic E-state index is 11.0. The first kappa shape index (κ1) is 11.9. The van der Waals surface area contributed by atoms with Gasteiger partial charge in [0.05, 0.1) is 0 Å². The fourth-order valence-corrected chi connectivity index (χ4v) is 1.54. The molecule has 0 saturated carbocycles. The zero-order valence-corrected chi connectivity index (χ0v) is 9.97. The average molecular weight is 242 g/mol. The molecular weight excluding hydrogens is 228 g/mol. The Balaban J connectivity index is 2.16. The largest absolute Gasteiger partial charge is 0.399 e. The number of nitrogens with zero attached hydrogens (tertiary/aromatic N) is 1. The van der Waals surface area contributed by atoms with Crippen LogP contribution in [0.3, 0.4) is 0 Å². The van der Waals surface area contributed by atoms with Gasteiger partial charge in [0.1, 0.15) is 5.82 Å². The van der Waals surface area contributed by atoms with Gasteiger partial charge in [-0.1, -0.05) is 6.07 Å². The van der Waals surface area contributed by atoms with Crippen molar-refractivity contribution in [2.45, 2.75) is 6.92 Å². The SMILES string of the molecule is CC(=O)Nc1cccc(Nc2cc(N)ccn2)c1. The summed E-state index contributed by atoms with van der Waals surface area (Å²) in [5, 5.41) is 5.83. The number of amides is 1. The number of anilines is 4. The fraction of sp³-hybridized carbons (Fsp3) is 0.0769. The lowest BCUT2D eigenvalue weighted by atomic mass is 10.2. The van der Waals surface area contributed by atoms with Gasteiger partial charge < -0.3 is 16.4 Å². The van der Waals surface area contributed by atoms with Crippen molar-refractivity contribution in [1.82, 2.24) is 4.98 Å². The molecule has 0 saturated heterocycles. The molecule has 4 N–H and O–H groups in total. The van der Waals surface area contributed by atoms with Crippen LogP contribution in [0.5, 0.6) is 0 Å². The number of carbonyl (C=O) groups is 1. The van der Waals surface area contributed by atoms with Crippen LogP contribution in [0.2, 0.25) is 0 Å². The lowest BCUT2D eigenvalue weighted by Crippen LogP contribution is -2.05. The van der Waals surface area contributed by atoms with E-state index in [0.29, 0.717) is 11.5 Å². The predicted molar refractivity (Wildman–Crippen MR) is 72.7 cm³/mol. The van der Waals surface area contributed by atoms with E-state index in [-0.39, 0.29) is 5.91 Å². The highest BCUT2D eigenvalue weighted by Gasteiger charge is 1.99. The van der Waals surface area contributed by atoms with E-state index in [0.717, 1.165) is 11.4 Å². The molecule has 5 nitrogen and oxygen atoms in total. The number of nitrogens with one attached hydrogen (secondary N) is 2. The number of aromatic nitrogens is 1. The maximum absolute atomic E-state index is 11.0. The van der Waals surface area contributed by atoms with Gasteiger partial charge in [-0.3, -0.25) is 4.79 Å². The molecule has 1 amide bonds. The molecule has 0 spiro atoms. The Bertz CT molecular complexity index is 568. The normalized spacial score (nSPS) is 9.83. The zero-order chi connectivity index (χ0) is 13.0. The van der Waals surface area contributed by atoms with Crippen molar-refractivity contribution in [3.05, 3.63) is 42.6 Å². The molecule has 0 radical (unpaired) electrons. The molecule has 18 heavy (non-hydrogen) atoms. The van der Waals surface area contributed by atoms with E-state index < -0.39 is 0 Å². The summed E-state index contributed by atoms with van der Waals surface area (Å²) in [7, 11) is 0. The quantitative estimate of drug-likeness (QED) is 0.772. The number of hydrogen-bond donors (Lipinski definition) is 3. The van der Waals surface area contributed by atoms with Crippen LogP contribution in [0.15, 0.2) is 42.6 Å². The second kappa shape index (κ2) is 5.18. The van der Waals surface area contributed by atoms with Crippen LogP contribution < -0.4 is 16.4 Å². The van der Waals surface area contributed by atoms with Crippen molar-refractivity contribution in [1.29, 1.82) is 0 Å². The van der Waals surface area contributed by atoms with Crippen LogP contribution in [-0.2, 0) is 4.79 Å². The molecule has 1 aromatic heterocycles. The van der Waals surface area contributed by atoms with Gasteiger partial charge in [0, 0.05) is 36.2 Å². The number of nitrogens with two attached hydrogens (primary N) is 1. The maximum Gasteiger partial charge on any atom is 0.221 e.